The highest BCUT2D eigenvalue weighted by Gasteiger charge is 2.26. The summed E-state index contributed by atoms with van der Waals surface area (Å²) in [5.41, 5.74) is 1.63. The Labute approximate surface area is 102 Å². The van der Waals surface area contributed by atoms with Gasteiger partial charge in [-0.1, -0.05) is 24.3 Å². The van der Waals surface area contributed by atoms with Crippen LogP contribution in [0.15, 0.2) is 24.3 Å². The minimum absolute atomic E-state index is 0.406. The number of hydrogen-bond donors (Lipinski definition) is 4. The van der Waals surface area contributed by atoms with Crippen molar-refractivity contribution in [1.82, 2.24) is 0 Å². The van der Waals surface area contributed by atoms with Gasteiger partial charge in [-0.05, 0) is 25.0 Å². The molecule has 0 heterocycles. The average molecular weight is 242 g/mol. The molecule has 0 spiro atoms. The Morgan fingerprint density at radius 1 is 0.765 bits per heavy atom. The molecule has 0 aromatic heterocycles. The summed E-state index contributed by atoms with van der Waals surface area (Å²) >= 11 is 0. The summed E-state index contributed by atoms with van der Waals surface area (Å²) in [7, 11) is 0. The second kappa shape index (κ2) is 8.20. The fraction of sp³-hybridized carbons (Fsp3) is 0.538. The van der Waals surface area contributed by atoms with Crippen molar-refractivity contribution in [3.63, 3.8) is 0 Å². The van der Waals surface area contributed by atoms with Gasteiger partial charge in [-0.3, -0.25) is 0 Å². The molecule has 1 aromatic carbocycles. The number of hydrogen-bond acceptors (Lipinski definition) is 4. The number of rotatable bonds is 4. The van der Waals surface area contributed by atoms with Crippen LogP contribution in [0.5, 0.6) is 0 Å². The van der Waals surface area contributed by atoms with Gasteiger partial charge >= 0.3 is 0 Å². The van der Waals surface area contributed by atoms with E-state index in [1.165, 1.54) is 11.1 Å². The Hall–Kier alpha value is -0.940. The predicted octanol–water partition coefficient (Wildman–Crippen LogP) is 0.245. The SMILES string of the molecule is Cc1ccccc1C.OCC(CO)(CO)CO. The van der Waals surface area contributed by atoms with Crippen LogP contribution < -0.4 is 0 Å². The van der Waals surface area contributed by atoms with Gasteiger partial charge in [0.25, 0.3) is 0 Å². The first-order valence-electron chi connectivity index (χ1n) is 5.51. The molecule has 0 unspecified atom stereocenters. The quantitative estimate of drug-likeness (QED) is 0.610. The molecule has 0 saturated carbocycles. The van der Waals surface area contributed by atoms with Gasteiger partial charge in [0.05, 0.1) is 31.8 Å². The number of aryl methyl sites for hydroxylation is 2. The third-order valence-electron chi connectivity index (χ3n) is 2.77. The monoisotopic (exact) mass is 242 g/mol. The third-order valence-corrected chi connectivity index (χ3v) is 2.77. The normalized spacial score (nSPS) is 10.7. The van der Waals surface area contributed by atoms with Crippen LogP contribution in [-0.2, 0) is 0 Å². The molecule has 4 heteroatoms. The number of aliphatic hydroxyl groups excluding tert-OH is 4. The highest BCUT2D eigenvalue weighted by atomic mass is 16.3. The van der Waals surface area contributed by atoms with E-state index in [1.54, 1.807) is 0 Å². The van der Waals surface area contributed by atoms with Gasteiger partial charge in [-0.15, -0.1) is 0 Å². The van der Waals surface area contributed by atoms with E-state index in [-0.39, 0.29) is 0 Å². The number of benzene rings is 1. The molecule has 0 atom stereocenters. The molecule has 0 aliphatic heterocycles. The van der Waals surface area contributed by atoms with Gasteiger partial charge in [-0.25, -0.2) is 0 Å². The molecule has 17 heavy (non-hydrogen) atoms. The highest BCUT2D eigenvalue weighted by molar-refractivity contribution is 5.23. The summed E-state index contributed by atoms with van der Waals surface area (Å²) < 4.78 is 0. The summed E-state index contributed by atoms with van der Waals surface area (Å²) in [6.07, 6.45) is 0. The van der Waals surface area contributed by atoms with Gasteiger partial charge in [0, 0.05) is 0 Å². The van der Waals surface area contributed by atoms with Gasteiger partial charge in [0.1, 0.15) is 0 Å². The molecule has 4 N–H and O–H groups in total. The van der Waals surface area contributed by atoms with Crippen LogP contribution in [0, 0.1) is 19.3 Å². The third kappa shape index (κ3) is 5.28. The van der Waals surface area contributed by atoms with Crippen molar-refractivity contribution in [1.29, 1.82) is 0 Å². The van der Waals surface area contributed by atoms with Gasteiger partial charge in [0.2, 0.25) is 0 Å². The molecular formula is C13H22O4. The molecule has 0 fully saturated rings. The lowest BCUT2D eigenvalue weighted by atomic mass is 9.93. The Morgan fingerprint density at radius 3 is 1.18 bits per heavy atom. The second-order valence-electron chi connectivity index (χ2n) is 4.22. The van der Waals surface area contributed by atoms with E-state index < -0.39 is 31.8 Å². The largest absolute Gasteiger partial charge is 0.396 e. The smallest absolute Gasteiger partial charge is 0.0627 e. The molecular weight excluding hydrogens is 220 g/mol. The summed E-state index contributed by atoms with van der Waals surface area (Å²) in [4.78, 5) is 0. The molecule has 1 rings (SSSR count). The molecule has 0 aliphatic carbocycles. The van der Waals surface area contributed by atoms with Crippen LogP contribution in [0.2, 0.25) is 0 Å². The fourth-order valence-electron chi connectivity index (χ4n) is 0.963. The zero-order valence-electron chi connectivity index (χ0n) is 10.4. The van der Waals surface area contributed by atoms with E-state index in [1.807, 2.05) is 0 Å². The number of aliphatic hydroxyl groups is 4. The minimum atomic E-state index is -1.11. The predicted molar refractivity (Wildman–Crippen MR) is 66.7 cm³/mol. The zero-order valence-corrected chi connectivity index (χ0v) is 10.4. The lowest BCUT2D eigenvalue weighted by Gasteiger charge is -2.23. The van der Waals surface area contributed by atoms with Crippen LogP contribution in [0.1, 0.15) is 11.1 Å². The van der Waals surface area contributed by atoms with E-state index in [4.69, 9.17) is 20.4 Å². The van der Waals surface area contributed by atoms with E-state index in [9.17, 15) is 0 Å². The van der Waals surface area contributed by atoms with Gasteiger partial charge in [0.15, 0.2) is 0 Å². The molecule has 4 nitrogen and oxygen atoms in total. The fourth-order valence-corrected chi connectivity index (χ4v) is 0.963. The van der Waals surface area contributed by atoms with Crippen molar-refractivity contribution in [2.75, 3.05) is 26.4 Å². The summed E-state index contributed by atoms with van der Waals surface area (Å²) in [5, 5.41) is 34.0. The van der Waals surface area contributed by atoms with Crippen molar-refractivity contribution < 1.29 is 20.4 Å². The van der Waals surface area contributed by atoms with Crippen molar-refractivity contribution >= 4 is 0 Å². The molecule has 0 radical (unpaired) electrons. The van der Waals surface area contributed by atoms with Crippen LogP contribution >= 0.6 is 0 Å². The molecule has 0 bridgehead atoms. The van der Waals surface area contributed by atoms with Crippen LogP contribution in [0.25, 0.3) is 0 Å². The van der Waals surface area contributed by atoms with Crippen LogP contribution in [0.3, 0.4) is 0 Å². The van der Waals surface area contributed by atoms with E-state index in [2.05, 4.69) is 38.1 Å². The molecule has 1 aromatic rings. The molecule has 0 saturated heterocycles. The topological polar surface area (TPSA) is 80.9 Å². The lowest BCUT2D eigenvalue weighted by molar-refractivity contribution is -0.0328. The van der Waals surface area contributed by atoms with E-state index in [0.29, 0.717) is 0 Å². The molecule has 0 aliphatic rings. The Morgan fingerprint density at radius 2 is 1.06 bits per heavy atom. The standard InChI is InChI=1S/C8H10.C5H12O4/c1-7-5-3-4-6-8(7)2;6-1-5(2-7,3-8)4-9/h3-6H,1-2H3;6-9H,1-4H2. The molecule has 0 amide bonds. The van der Waals surface area contributed by atoms with Crippen molar-refractivity contribution in [3.05, 3.63) is 35.4 Å². The highest BCUT2D eigenvalue weighted by Crippen LogP contribution is 2.11. The second-order valence-corrected chi connectivity index (χ2v) is 4.22. The first-order valence-corrected chi connectivity index (χ1v) is 5.51. The van der Waals surface area contributed by atoms with E-state index >= 15 is 0 Å². The maximum Gasteiger partial charge on any atom is 0.0627 e. The summed E-state index contributed by atoms with van der Waals surface area (Å²) in [5.74, 6) is 0. The summed E-state index contributed by atoms with van der Waals surface area (Å²) in [6, 6.07) is 8.36. The zero-order chi connectivity index (χ0) is 13.3. The molecule has 98 valence electrons. The first kappa shape index (κ1) is 16.1. The van der Waals surface area contributed by atoms with Gasteiger partial charge < -0.3 is 20.4 Å². The Bertz CT molecular complexity index is 270. The Balaban J connectivity index is 0.000000302. The Kier molecular flexibility index (Phi) is 7.74. The first-order chi connectivity index (χ1) is 8.05. The minimum Gasteiger partial charge on any atom is -0.396 e. The van der Waals surface area contributed by atoms with Crippen LogP contribution in [0.4, 0.5) is 0 Å². The maximum absolute atomic E-state index is 8.50. The van der Waals surface area contributed by atoms with Crippen molar-refractivity contribution in [2.45, 2.75) is 13.8 Å². The van der Waals surface area contributed by atoms with Crippen molar-refractivity contribution in [3.8, 4) is 0 Å². The lowest BCUT2D eigenvalue weighted by Crippen LogP contribution is -2.37. The van der Waals surface area contributed by atoms with E-state index in [0.717, 1.165) is 0 Å². The average Bonchev–Trinajstić information content (AvgIpc) is 2.37. The maximum atomic E-state index is 8.50. The van der Waals surface area contributed by atoms with Crippen LogP contribution in [-0.4, -0.2) is 46.9 Å². The van der Waals surface area contributed by atoms with Gasteiger partial charge in [-0.2, -0.15) is 0 Å². The summed E-state index contributed by atoms with van der Waals surface area (Å²) in [6.45, 7) is 2.62. The van der Waals surface area contributed by atoms with Crippen molar-refractivity contribution in [2.24, 2.45) is 5.41 Å².